The highest BCUT2D eigenvalue weighted by molar-refractivity contribution is 6.09. The summed E-state index contributed by atoms with van der Waals surface area (Å²) in [4.78, 5) is 35.7. The first-order valence-electron chi connectivity index (χ1n) is 9.63. The molecule has 0 atom stereocenters. The number of carboxylic acids is 1. The Labute approximate surface area is 189 Å². The Hall–Kier alpha value is -4.90. The van der Waals surface area contributed by atoms with Crippen LogP contribution in [0, 0.1) is 11.3 Å². The van der Waals surface area contributed by atoms with E-state index in [9.17, 15) is 19.6 Å². The molecule has 164 valence electrons. The molecule has 0 spiro atoms. The van der Waals surface area contributed by atoms with Gasteiger partial charge in [0.15, 0.2) is 11.5 Å². The highest BCUT2D eigenvalue weighted by atomic mass is 16.6. The molecule has 0 bridgehead atoms. The molecule has 0 aliphatic rings. The number of nitriles is 1. The number of hydrogen-bond acceptors (Lipinski definition) is 6. The van der Waals surface area contributed by atoms with Gasteiger partial charge in [0, 0.05) is 5.69 Å². The van der Waals surface area contributed by atoms with Gasteiger partial charge in [-0.15, -0.1) is 0 Å². The van der Waals surface area contributed by atoms with Crippen molar-refractivity contribution in [3.63, 3.8) is 0 Å². The molecule has 0 unspecified atom stereocenters. The molecule has 0 heterocycles. The first-order valence-corrected chi connectivity index (χ1v) is 9.63. The number of anilines is 1. The average molecular weight is 442 g/mol. The SMILES string of the molecule is COc1cc(/C=C(\C#N)C(=O)Nc2ccc(C(=O)O)cc2)ccc1OC(=O)c1ccccc1. The Morgan fingerprint density at radius 3 is 2.24 bits per heavy atom. The summed E-state index contributed by atoms with van der Waals surface area (Å²) in [5.74, 6) is -1.88. The van der Waals surface area contributed by atoms with Gasteiger partial charge in [-0.2, -0.15) is 5.26 Å². The minimum Gasteiger partial charge on any atom is -0.493 e. The van der Waals surface area contributed by atoms with Crippen molar-refractivity contribution in [3.05, 3.63) is 95.1 Å². The summed E-state index contributed by atoms with van der Waals surface area (Å²) in [7, 11) is 1.40. The summed E-state index contributed by atoms with van der Waals surface area (Å²) >= 11 is 0. The maximum Gasteiger partial charge on any atom is 0.343 e. The minimum atomic E-state index is -1.09. The summed E-state index contributed by atoms with van der Waals surface area (Å²) in [5, 5.41) is 20.9. The standard InChI is InChI=1S/C25H18N2O6/c1-32-22-14-16(7-12-21(22)33-25(31)18-5-3-2-4-6-18)13-19(15-26)23(28)27-20-10-8-17(9-11-20)24(29)30/h2-14H,1H3,(H,27,28)(H,29,30)/b19-13+. The zero-order valence-electron chi connectivity index (χ0n) is 17.4. The number of benzene rings is 3. The third-order valence-corrected chi connectivity index (χ3v) is 4.47. The van der Waals surface area contributed by atoms with Crippen molar-refractivity contribution in [2.45, 2.75) is 0 Å². The highest BCUT2D eigenvalue weighted by Crippen LogP contribution is 2.30. The highest BCUT2D eigenvalue weighted by Gasteiger charge is 2.14. The van der Waals surface area contributed by atoms with Crippen molar-refractivity contribution in [2.24, 2.45) is 0 Å². The van der Waals surface area contributed by atoms with Crippen molar-refractivity contribution in [1.82, 2.24) is 0 Å². The predicted octanol–water partition coefficient (Wildman–Crippen LogP) is 4.16. The van der Waals surface area contributed by atoms with E-state index in [1.165, 1.54) is 49.6 Å². The Morgan fingerprint density at radius 2 is 1.64 bits per heavy atom. The molecule has 8 nitrogen and oxygen atoms in total. The van der Waals surface area contributed by atoms with E-state index >= 15 is 0 Å². The van der Waals surface area contributed by atoms with Crippen LogP contribution in [-0.2, 0) is 4.79 Å². The largest absolute Gasteiger partial charge is 0.493 e. The molecular weight excluding hydrogens is 424 g/mol. The number of amides is 1. The molecular formula is C25H18N2O6. The Kier molecular flexibility index (Phi) is 7.19. The quantitative estimate of drug-likeness (QED) is 0.244. The number of aromatic carboxylic acids is 1. The maximum absolute atomic E-state index is 12.5. The second kappa shape index (κ2) is 10.4. The lowest BCUT2D eigenvalue weighted by molar-refractivity contribution is -0.112. The second-order valence-corrected chi connectivity index (χ2v) is 6.67. The molecule has 1 amide bonds. The monoisotopic (exact) mass is 442 g/mol. The average Bonchev–Trinajstić information content (AvgIpc) is 2.84. The number of esters is 1. The molecule has 3 aromatic rings. The van der Waals surface area contributed by atoms with Gasteiger partial charge in [-0.25, -0.2) is 9.59 Å². The van der Waals surface area contributed by atoms with E-state index in [-0.39, 0.29) is 22.6 Å². The van der Waals surface area contributed by atoms with Crippen LogP contribution in [0.3, 0.4) is 0 Å². The van der Waals surface area contributed by atoms with Crippen molar-refractivity contribution in [3.8, 4) is 17.6 Å². The molecule has 0 aliphatic carbocycles. The van der Waals surface area contributed by atoms with Crippen LogP contribution in [0.25, 0.3) is 6.08 Å². The van der Waals surface area contributed by atoms with Gasteiger partial charge in [0.2, 0.25) is 0 Å². The third kappa shape index (κ3) is 5.83. The number of ether oxygens (including phenoxy) is 2. The smallest absolute Gasteiger partial charge is 0.343 e. The van der Waals surface area contributed by atoms with Crippen LogP contribution in [0.4, 0.5) is 5.69 Å². The molecule has 33 heavy (non-hydrogen) atoms. The molecule has 0 radical (unpaired) electrons. The zero-order chi connectivity index (χ0) is 23.8. The lowest BCUT2D eigenvalue weighted by Gasteiger charge is -2.10. The van der Waals surface area contributed by atoms with Gasteiger partial charge in [-0.05, 0) is 60.2 Å². The summed E-state index contributed by atoms with van der Waals surface area (Å²) in [6.07, 6.45) is 1.35. The predicted molar refractivity (Wildman–Crippen MR) is 120 cm³/mol. The van der Waals surface area contributed by atoms with Crippen LogP contribution in [0.15, 0.2) is 78.4 Å². The van der Waals surface area contributed by atoms with Crippen LogP contribution in [0.1, 0.15) is 26.3 Å². The molecule has 3 rings (SSSR count). The molecule has 0 aromatic heterocycles. The maximum atomic E-state index is 12.5. The molecule has 0 saturated heterocycles. The summed E-state index contributed by atoms with van der Waals surface area (Å²) in [6.45, 7) is 0. The van der Waals surface area contributed by atoms with Crippen LogP contribution in [0.2, 0.25) is 0 Å². The Morgan fingerprint density at radius 1 is 0.939 bits per heavy atom. The van der Waals surface area contributed by atoms with Crippen LogP contribution < -0.4 is 14.8 Å². The van der Waals surface area contributed by atoms with E-state index in [1.807, 2.05) is 6.07 Å². The van der Waals surface area contributed by atoms with Crippen LogP contribution in [0.5, 0.6) is 11.5 Å². The van der Waals surface area contributed by atoms with Gasteiger partial charge in [0.05, 0.1) is 18.2 Å². The molecule has 0 saturated carbocycles. The fourth-order valence-electron chi connectivity index (χ4n) is 2.80. The summed E-state index contributed by atoms with van der Waals surface area (Å²) in [5.41, 5.74) is 1.08. The zero-order valence-corrected chi connectivity index (χ0v) is 17.4. The van der Waals surface area contributed by atoms with Gasteiger partial charge >= 0.3 is 11.9 Å². The molecule has 0 fully saturated rings. The van der Waals surface area contributed by atoms with Crippen molar-refractivity contribution in [2.75, 3.05) is 12.4 Å². The summed E-state index contributed by atoms with van der Waals surface area (Å²) in [6, 6.07) is 20.4. The number of carboxylic acid groups (broad SMARTS) is 1. The number of rotatable bonds is 7. The number of methoxy groups -OCH3 is 1. The molecule has 3 aromatic carbocycles. The number of carbonyl (C=O) groups excluding carboxylic acids is 2. The summed E-state index contributed by atoms with van der Waals surface area (Å²) < 4.78 is 10.7. The first-order chi connectivity index (χ1) is 15.9. The van der Waals surface area contributed by atoms with E-state index < -0.39 is 17.8 Å². The molecule has 8 heteroatoms. The Balaban J connectivity index is 1.77. The third-order valence-electron chi connectivity index (χ3n) is 4.47. The van der Waals surface area contributed by atoms with Crippen LogP contribution >= 0.6 is 0 Å². The van der Waals surface area contributed by atoms with Gasteiger partial charge in [-0.3, -0.25) is 4.79 Å². The number of hydrogen-bond donors (Lipinski definition) is 2. The van der Waals surface area contributed by atoms with E-state index in [4.69, 9.17) is 14.6 Å². The van der Waals surface area contributed by atoms with Crippen LogP contribution in [-0.4, -0.2) is 30.1 Å². The number of nitrogens with zero attached hydrogens (tertiary/aromatic N) is 1. The van der Waals surface area contributed by atoms with Gasteiger partial charge < -0.3 is 19.9 Å². The van der Waals surface area contributed by atoms with E-state index in [0.29, 0.717) is 16.8 Å². The fraction of sp³-hybridized carbons (Fsp3) is 0.0400. The lowest BCUT2D eigenvalue weighted by atomic mass is 10.1. The fourth-order valence-corrected chi connectivity index (χ4v) is 2.80. The molecule has 0 aliphatic heterocycles. The minimum absolute atomic E-state index is 0.0733. The lowest BCUT2D eigenvalue weighted by Crippen LogP contribution is -2.13. The van der Waals surface area contributed by atoms with Gasteiger partial charge in [0.1, 0.15) is 11.6 Å². The topological polar surface area (TPSA) is 126 Å². The van der Waals surface area contributed by atoms with Gasteiger partial charge in [-0.1, -0.05) is 24.3 Å². The van der Waals surface area contributed by atoms with Crippen molar-refractivity contribution >= 4 is 29.6 Å². The van der Waals surface area contributed by atoms with Crippen molar-refractivity contribution in [1.29, 1.82) is 5.26 Å². The first kappa shape index (κ1) is 22.8. The van der Waals surface area contributed by atoms with Crippen molar-refractivity contribution < 1.29 is 29.0 Å². The number of nitrogens with one attached hydrogen (secondary N) is 1. The van der Waals surface area contributed by atoms with E-state index in [1.54, 1.807) is 36.4 Å². The molecule has 2 N–H and O–H groups in total. The number of carbonyl (C=O) groups is 3. The Bertz CT molecular complexity index is 1260. The van der Waals surface area contributed by atoms with Gasteiger partial charge in [0.25, 0.3) is 5.91 Å². The van der Waals surface area contributed by atoms with E-state index in [2.05, 4.69) is 5.32 Å². The second-order valence-electron chi connectivity index (χ2n) is 6.67. The normalized spacial score (nSPS) is 10.6. The van der Waals surface area contributed by atoms with E-state index in [0.717, 1.165) is 0 Å².